The van der Waals surface area contributed by atoms with Gasteiger partial charge in [-0.15, -0.1) is 0 Å². The lowest BCUT2D eigenvalue weighted by molar-refractivity contribution is -0.115. The fourth-order valence-corrected chi connectivity index (χ4v) is 4.72. The van der Waals surface area contributed by atoms with Gasteiger partial charge in [0.05, 0.1) is 6.42 Å². The first kappa shape index (κ1) is 24.5. The normalized spacial score (nSPS) is 11.4. The van der Waals surface area contributed by atoms with Gasteiger partial charge in [0.25, 0.3) is 0 Å². The fraction of sp³-hybridized carbons (Fsp3) is 0.242. The van der Waals surface area contributed by atoms with Gasteiger partial charge in [0.1, 0.15) is 0 Å². The van der Waals surface area contributed by atoms with Crippen LogP contribution in [0.4, 0.5) is 5.69 Å². The number of hydrogen-bond acceptors (Lipinski definition) is 1. The molecule has 1 N–H and O–H groups in total. The van der Waals surface area contributed by atoms with Crippen LogP contribution in [0.5, 0.6) is 0 Å². The van der Waals surface area contributed by atoms with E-state index in [4.69, 9.17) is 0 Å². The zero-order valence-electron chi connectivity index (χ0n) is 21.7. The maximum atomic E-state index is 12.7. The van der Waals surface area contributed by atoms with Crippen molar-refractivity contribution in [3.05, 3.63) is 113 Å². The summed E-state index contributed by atoms with van der Waals surface area (Å²) in [5.74, 6) is -0.0114. The second-order valence-corrected chi connectivity index (χ2v) is 10.6. The molecule has 4 rings (SSSR count). The van der Waals surface area contributed by atoms with Gasteiger partial charge < -0.3 is 5.32 Å². The van der Waals surface area contributed by atoms with Crippen LogP contribution < -0.4 is 5.32 Å². The third kappa shape index (κ3) is 5.89. The largest absolute Gasteiger partial charge is 0.326 e. The molecular weight excluding hydrogens is 426 g/mol. The van der Waals surface area contributed by atoms with E-state index in [2.05, 4.69) is 108 Å². The maximum Gasteiger partial charge on any atom is 0.228 e. The molecule has 0 bridgehead atoms. The highest BCUT2D eigenvalue weighted by atomic mass is 16.1. The Morgan fingerprint density at radius 3 is 1.69 bits per heavy atom. The molecule has 178 valence electrons. The molecule has 4 aromatic rings. The average Bonchev–Trinajstić information content (AvgIpc) is 2.79. The van der Waals surface area contributed by atoms with Gasteiger partial charge in [-0.2, -0.15) is 0 Å². The van der Waals surface area contributed by atoms with E-state index in [9.17, 15) is 4.79 Å². The molecule has 0 aliphatic carbocycles. The van der Waals surface area contributed by atoms with Gasteiger partial charge in [-0.05, 0) is 82.8 Å². The van der Waals surface area contributed by atoms with Crippen LogP contribution in [0, 0.1) is 20.8 Å². The fourth-order valence-electron chi connectivity index (χ4n) is 4.72. The first-order chi connectivity index (χ1) is 16.6. The Bertz CT molecular complexity index is 1300. The Morgan fingerprint density at radius 2 is 1.17 bits per heavy atom. The van der Waals surface area contributed by atoms with Crippen LogP contribution in [0.3, 0.4) is 0 Å². The molecular formula is C33H35NO. The number of nitrogens with one attached hydrogen (secondary N) is 1. The van der Waals surface area contributed by atoms with Crippen molar-refractivity contribution in [1.29, 1.82) is 0 Å². The van der Waals surface area contributed by atoms with Gasteiger partial charge in [0.15, 0.2) is 0 Å². The van der Waals surface area contributed by atoms with Gasteiger partial charge in [0.2, 0.25) is 5.91 Å². The lowest BCUT2D eigenvalue weighted by atomic mass is 9.86. The number of amides is 1. The predicted octanol–water partition coefficient (Wildman–Crippen LogP) is 8.42. The lowest BCUT2D eigenvalue weighted by Gasteiger charge is -2.19. The highest BCUT2D eigenvalue weighted by molar-refractivity contribution is 5.92. The molecule has 0 heterocycles. The van der Waals surface area contributed by atoms with Crippen molar-refractivity contribution < 1.29 is 4.79 Å². The molecule has 0 fully saturated rings. The number of anilines is 1. The SMILES string of the molecule is Cc1cc(C)c(-c2ccc(NC(=O)Cc3ccc(-c4ccc(C(C)(C)C)cc4)cc3)cc2)c(C)c1. The van der Waals surface area contributed by atoms with Crippen molar-refractivity contribution in [2.45, 2.75) is 53.4 Å². The van der Waals surface area contributed by atoms with Crippen molar-refractivity contribution in [2.75, 3.05) is 5.32 Å². The second-order valence-electron chi connectivity index (χ2n) is 10.6. The molecule has 2 nitrogen and oxygen atoms in total. The Morgan fingerprint density at radius 1 is 0.686 bits per heavy atom. The smallest absolute Gasteiger partial charge is 0.228 e. The van der Waals surface area contributed by atoms with Gasteiger partial charge >= 0.3 is 0 Å². The van der Waals surface area contributed by atoms with Crippen LogP contribution in [0.2, 0.25) is 0 Å². The lowest BCUT2D eigenvalue weighted by Crippen LogP contribution is -2.14. The minimum Gasteiger partial charge on any atom is -0.326 e. The molecule has 0 aliphatic heterocycles. The van der Waals surface area contributed by atoms with Gasteiger partial charge in [-0.1, -0.05) is 99.1 Å². The van der Waals surface area contributed by atoms with Crippen LogP contribution in [-0.4, -0.2) is 5.91 Å². The van der Waals surface area contributed by atoms with Crippen molar-refractivity contribution in [2.24, 2.45) is 0 Å². The number of rotatable bonds is 5. The Hall–Kier alpha value is -3.65. The number of aryl methyl sites for hydroxylation is 3. The monoisotopic (exact) mass is 461 g/mol. The van der Waals surface area contributed by atoms with Crippen LogP contribution in [-0.2, 0) is 16.6 Å². The average molecular weight is 462 g/mol. The highest BCUT2D eigenvalue weighted by Crippen LogP contribution is 2.30. The van der Waals surface area contributed by atoms with Gasteiger partial charge in [-0.25, -0.2) is 0 Å². The van der Waals surface area contributed by atoms with E-state index in [1.807, 2.05) is 24.3 Å². The Labute approximate surface area is 210 Å². The van der Waals surface area contributed by atoms with Crippen molar-refractivity contribution in [3.63, 3.8) is 0 Å². The third-order valence-electron chi connectivity index (χ3n) is 6.54. The van der Waals surface area contributed by atoms with E-state index >= 15 is 0 Å². The number of carbonyl (C=O) groups is 1. The van der Waals surface area contributed by atoms with E-state index in [1.165, 1.54) is 38.9 Å². The molecule has 0 unspecified atom stereocenters. The molecule has 1 amide bonds. The van der Waals surface area contributed by atoms with Crippen molar-refractivity contribution in [1.82, 2.24) is 0 Å². The quantitative estimate of drug-likeness (QED) is 0.317. The summed E-state index contributed by atoms with van der Waals surface area (Å²) < 4.78 is 0. The predicted molar refractivity (Wildman–Crippen MR) is 149 cm³/mol. The third-order valence-corrected chi connectivity index (χ3v) is 6.54. The Kier molecular flexibility index (Phi) is 6.93. The first-order valence-corrected chi connectivity index (χ1v) is 12.3. The first-order valence-electron chi connectivity index (χ1n) is 12.3. The van der Waals surface area contributed by atoms with Crippen molar-refractivity contribution >= 4 is 11.6 Å². The summed E-state index contributed by atoms with van der Waals surface area (Å²) in [5.41, 5.74) is 11.9. The van der Waals surface area contributed by atoms with Crippen LogP contribution >= 0.6 is 0 Å². The molecule has 0 radical (unpaired) electrons. The molecule has 0 aromatic heterocycles. The van der Waals surface area contributed by atoms with E-state index in [0.717, 1.165) is 16.8 Å². The summed E-state index contributed by atoms with van der Waals surface area (Å²) in [6, 6.07) is 29.6. The summed E-state index contributed by atoms with van der Waals surface area (Å²) in [4.78, 5) is 12.7. The minimum absolute atomic E-state index is 0.0114. The van der Waals surface area contributed by atoms with E-state index < -0.39 is 0 Å². The maximum absolute atomic E-state index is 12.7. The van der Waals surface area contributed by atoms with Crippen molar-refractivity contribution in [3.8, 4) is 22.3 Å². The molecule has 4 aromatic carbocycles. The van der Waals surface area contributed by atoms with E-state index in [1.54, 1.807) is 0 Å². The highest BCUT2D eigenvalue weighted by Gasteiger charge is 2.13. The number of benzene rings is 4. The zero-order chi connectivity index (χ0) is 25.2. The molecule has 0 saturated carbocycles. The second kappa shape index (κ2) is 9.92. The Balaban J connectivity index is 1.39. The molecule has 0 saturated heterocycles. The summed E-state index contributed by atoms with van der Waals surface area (Å²) >= 11 is 0. The molecule has 2 heteroatoms. The topological polar surface area (TPSA) is 29.1 Å². The summed E-state index contributed by atoms with van der Waals surface area (Å²) in [6.45, 7) is 13.1. The van der Waals surface area contributed by atoms with Gasteiger partial charge in [0, 0.05) is 5.69 Å². The van der Waals surface area contributed by atoms with E-state index in [-0.39, 0.29) is 11.3 Å². The molecule has 0 atom stereocenters. The van der Waals surface area contributed by atoms with Crippen LogP contribution in [0.1, 0.15) is 48.6 Å². The molecule has 0 aliphatic rings. The summed E-state index contributed by atoms with van der Waals surface area (Å²) in [5, 5.41) is 3.04. The minimum atomic E-state index is -0.0114. The number of carbonyl (C=O) groups excluding carboxylic acids is 1. The van der Waals surface area contributed by atoms with Crippen LogP contribution in [0.15, 0.2) is 84.9 Å². The number of hydrogen-bond donors (Lipinski definition) is 1. The van der Waals surface area contributed by atoms with Gasteiger partial charge in [-0.3, -0.25) is 4.79 Å². The van der Waals surface area contributed by atoms with E-state index in [0.29, 0.717) is 6.42 Å². The zero-order valence-corrected chi connectivity index (χ0v) is 21.7. The van der Waals surface area contributed by atoms with Crippen LogP contribution in [0.25, 0.3) is 22.3 Å². The standard InChI is InChI=1S/C33H35NO/c1-22-19-23(2)32(24(3)20-22)28-13-17-30(18-14-28)34-31(35)21-25-7-9-26(10-8-25)27-11-15-29(16-12-27)33(4,5)6/h7-20H,21H2,1-6H3,(H,34,35). The molecule has 35 heavy (non-hydrogen) atoms. The summed E-state index contributed by atoms with van der Waals surface area (Å²) in [6.07, 6.45) is 0.348. The molecule has 0 spiro atoms. The summed E-state index contributed by atoms with van der Waals surface area (Å²) in [7, 11) is 0.